The fourth-order valence-electron chi connectivity index (χ4n) is 4.19. The number of ether oxygens (including phenoxy) is 1. The Balaban J connectivity index is 1.51. The van der Waals surface area contributed by atoms with Gasteiger partial charge in [0.05, 0.1) is 5.92 Å². The molecule has 1 aromatic heterocycles. The second-order valence-electron chi connectivity index (χ2n) is 9.48. The number of aryl methyl sites for hydroxylation is 2. The number of carbonyl (C=O) groups excluding carboxylic acids is 2. The normalized spacial score (nSPS) is 20.8. The van der Waals surface area contributed by atoms with Gasteiger partial charge < -0.3 is 19.9 Å². The highest BCUT2D eigenvalue weighted by atomic mass is 16.6. The van der Waals surface area contributed by atoms with Gasteiger partial charge in [-0.25, -0.2) is 14.8 Å². The maximum atomic E-state index is 13.1. The number of alkyl carbamates (subject to hydrolysis) is 1. The van der Waals surface area contributed by atoms with Crippen LogP contribution in [-0.2, 0) is 9.53 Å². The van der Waals surface area contributed by atoms with Crippen molar-refractivity contribution in [2.24, 2.45) is 5.92 Å². The summed E-state index contributed by atoms with van der Waals surface area (Å²) in [5.74, 6) is 0.906. The largest absolute Gasteiger partial charge is 0.444 e. The highest BCUT2D eigenvalue weighted by Crippen LogP contribution is 2.24. The first-order valence-corrected chi connectivity index (χ1v) is 11.0. The third-order valence-corrected chi connectivity index (χ3v) is 5.55. The summed E-state index contributed by atoms with van der Waals surface area (Å²) in [6.07, 6.45) is 2.98. The zero-order valence-electron chi connectivity index (χ0n) is 18.9. The number of amides is 2. The molecule has 3 rings (SSSR count). The number of aromatic nitrogens is 2. The summed E-state index contributed by atoms with van der Waals surface area (Å²) in [5.41, 5.74) is 1.39. The number of nitrogens with zero attached hydrogens (tertiary/aromatic N) is 4. The van der Waals surface area contributed by atoms with Crippen molar-refractivity contribution >= 4 is 17.9 Å². The molecule has 0 aliphatic carbocycles. The van der Waals surface area contributed by atoms with Crippen LogP contribution < -0.4 is 10.2 Å². The van der Waals surface area contributed by atoms with Crippen LogP contribution in [0.2, 0.25) is 0 Å². The molecule has 30 heavy (non-hydrogen) atoms. The molecular formula is C22H35N5O3. The summed E-state index contributed by atoms with van der Waals surface area (Å²) in [5, 5.41) is 2.93. The second kappa shape index (κ2) is 9.18. The van der Waals surface area contributed by atoms with Crippen LogP contribution in [0.4, 0.5) is 10.7 Å². The Kier molecular flexibility index (Phi) is 6.83. The lowest BCUT2D eigenvalue weighted by Gasteiger charge is -2.38. The predicted molar refractivity (Wildman–Crippen MR) is 115 cm³/mol. The Morgan fingerprint density at radius 3 is 2.30 bits per heavy atom. The Labute approximate surface area is 179 Å². The number of hydrogen-bond acceptors (Lipinski definition) is 6. The van der Waals surface area contributed by atoms with E-state index in [0.717, 1.165) is 49.6 Å². The molecule has 0 radical (unpaired) electrons. The Morgan fingerprint density at radius 1 is 1.07 bits per heavy atom. The summed E-state index contributed by atoms with van der Waals surface area (Å²) in [4.78, 5) is 38.3. The van der Waals surface area contributed by atoms with Crippen LogP contribution in [0, 0.1) is 19.8 Å². The van der Waals surface area contributed by atoms with Gasteiger partial charge in [-0.1, -0.05) is 0 Å². The van der Waals surface area contributed by atoms with E-state index in [1.165, 1.54) is 0 Å². The van der Waals surface area contributed by atoms with Gasteiger partial charge in [-0.15, -0.1) is 0 Å². The maximum absolute atomic E-state index is 13.1. The van der Waals surface area contributed by atoms with Crippen molar-refractivity contribution in [3.63, 3.8) is 0 Å². The number of piperidine rings is 2. The van der Waals surface area contributed by atoms with E-state index in [0.29, 0.717) is 19.6 Å². The predicted octanol–water partition coefficient (Wildman–Crippen LogP) is 2.83. The lowest BCUT2D eigenvalue weighted by Crippen LogP contribution is -2.51. The molecule has 0 saturated carbocycles. The number of hydrogen-bond donors (Lipinski definition) is 1. The highest BCUT2D eigenvalue weighted by Gasteiger charge is 2.33. The summed E-state index contributed by atoms with van der Waals surface area (Å²) in [6.45, 7) is 12.4. The standard InChI is InChI=1S/C22H35N5O3/c1-15-13-16(2)24-20(23-15)27-10-6-7-17(14-27)19(28)26-11-8-18(9-12-26)25-21(29)30-22(3,4)5/h13,17-18H,6-12,14H2,1-5H3,(H,25,29)/t17-/m1/s1. The van der Waals surface area contributed by atoms with Crippen molar-refractivity contribution in [1.82, 2.24) is 20.2 Å². The highest BCUT2D eigenvalue weighted by molar-refractivity contribution is 5.80. The fraction of sp³-hybridized carbons (Fsp3) is 0.727. The van der Waals surface area contributed by atoms with Crippen molar-refractivity contribution in [3.8, 4) is 0 Å². The number of rotatable bonds is 3. The van der Waals surface area contributed by atoms with Crippen LogP contribution in [-0.4, -0.2) is 64.7 Å². The zero-order chi connectivity index (χ0) is 21.9. The topological polar surface area (TPSA) is 87.7 Å². The summed E-state index contributed by atoms with van der Waals surface area (Å²) in [6, 6.07) is 2.02. The van der Waals surface area contributed by atoms with Gasteiger partial charge in [0.15, 0.2) is 0 Å². The molecule has 8 nitrogen and oxygen atoms in total. The lowest BCUT2D eigenvalue weighted by molar-refractivity contribution is -0.136. The molecule has 1 aromatic rings. The fourth-order valence-corrected chi connectivity index (χ4v) is 4.19. The van der Waals surface area contributed by atoms with Crippen LogP contribution in [0.5, 0.6) is 0 Å². The molecule has 3 heterocycles. The molecule has 2 amide bonds. The molecule has 2 fully saturated rings. The van der Waals surface area contributed by atoms with Crippen molar-refractivity contribution < 1.29 is 14.3 Å². The van der Waals surface area contributed by atoms with Gasteiger partial charge in [-0.3, -0.25) is 4.79 Å². The minimum atomic E-state index is -0.507. The van der Waals surface area contributed by atoms with Crippen molar-refractivity contribution in [2.45, 2.75) is 71.9 Å². The van der Waals surface area contributed by atoms with Gasteiger partial charge in [0.2, 0.25) is 11.9 Å². The summed E-state index contributed by atoms with van der Waals surface area (Å²) >= 11 is 0. The Bertz CT molecular complexity index is 748. The van der Waals surface area contributed by atoms with Crippen LogP contribution in [0.1, 0.15) is 57.8 Å². The molecule has 0 bridgehead atoms. The van der Waals surface area contributed by atoms with Crippen LogP contribution in [0.15, 0.2) is 6.07 Å². The van der Waals surface area contributed by atoms with Crippen LogP contribution in [0.3, 0.4) is 0 Å². The Morgan fingerprint density at radius 2 is 1.70 bits per heavy atom. The molecule has 166 valence electrons. The molecular weight excluding hydrogens is 382 g/mol. The van der Waals surface area contributed by atoms with Crippen molar-refractivity contribution in [3.05, 3.63) is 17.5 Å². The third-order valence-electron chi connectivity index (χ3n) is 5.55. The summed E-state index contributed by atoms with van der Waals surface area (Å²) < 4.78 is 5.33. The minimum absolute atomic E-state index is 0.0291. The second-order valence-corrected chi connectivity index (χ2v) is 9.48. The molecule has 1 atom stereocenters. The molecule has 1 N–H and O–H groups in total. The average Bonchev–Trinajstić information content (AvgIpc) is 2.66. The molecule has 0 unspecified atom stereocenters. The van der Waals surface area contributed by atoms with E-state index in [-0.39, 0.29) is 24.0 Å². The van der Waals surface area contributed by atoms with Crippen LogP contribution >= 0.6 is 0 Å². The van der Waals surface area contributed by atoms with E-state index in [2.05, 4.69) is 20.2 Å². The molecule has 8 heteroatoms. The van der Waals surface area contributed by atoms with E-state index in [1.807, 2.05) is 45.6 Å². The van der Waals surface area contributed by atoms with Gasteiger partial charge in [-0.05, 0) is 66.4 Å². The first-order chi connectivity index (χ1) is 14.1. The summed E-state index contributed by atoms with van der Waals surface area (Å²) in [7, 11) is 0. The van der Waals surface area contributed by atoms with E-state index in [1.54, 1.807) is 0 Å². The number of carbonyl (C=O) groups is 2. The number of likely N-dealkylation sites (tertiary alicyclic amines) is 1. The first-order valence-electron chi connectivity index (χ1n) is 11.0. The zero-order valence-corrected chi connectivity index (χ0v) is 18.9. The average molecular weight is 418 g/mol. The third kappa shape index (κ3) is 6.06. The first kappa shape index (κ1) is 22.3. The molecule has 2 saturated heterocycles. The Hall–Kier alpha value is -2.38. The SMILES string of the molecule is Cc1cc(C)nc(N2CCC[C@@H](C(=O)N3CCC(NC(=O)OC(C)(C)C)CC3)C2)n1. The lowest BCUT2D eigenvalue weighted by atomic mass is 9.95. The van der Waals surface area contributed by atoms with Gasteiger partial charge in [0, 0.05) is 43.6 Å². The molecule has 0 spiro atoms. The van der Waals surface area contributed by atoms with Gasteiger partial charge in [0.25, 0.3) is 0 Å². The van der Waals surface area contributed by atoms with Crippen LogP contribution in [0.25, 0.3) is 0 Å². The molecule has 0 aromatic carbocycles. The van der Waals surface area contributed by atoms with E-state index in [4.69, 9.17) is 4.74 Å². The van der Waals surface area contributed by atoms with Gasteiger partial charge in [-0.2, -0.15) is 0 Å². The van der Waals surface area contributed by atoms with E-state index >= 15 is 0 Å². The van der Waals surface area contributed by atoms with Crippen molar-refractivity contribution in [1.29, 1.82) is 0 Å². The molecule has 2 aliphatic heterocycles. The van der Waals surface area contributed by atoms with Crippen molar-refractivity contribution in [2.75, 3.05) is 31.1 Å². The minimum Gasteiger partial charge on any atom is -0.444 e. The smallest absolute Gasteiger partial charge is 0.407 e. The van der Waals surface area contributed by atoms with E-state index in [9.17, 15) is 9.59 Å². The maximum Gasteiger partial charge on any atom is 0.407 e. The monoisotopic (exact) mass is 417 g/mol. The van der Waals surface area contributed by atoms with E-state index < -0.39 is 5.60 Å². The van der Waals surface area contributed by atoms with Gasteiger partial charge >= 0.3 is 6.09 Å². The molecule has 2 aliphatic rings. The quantitative estimate of drug-likeness (QED) is 0.814. The van der Waals surface area contributed by atoms with Gasteiger partial charge in [0.1, 0.15) is 5.60 Å². The number of anilines is 1. The number of nitrogens with one attached hydrogen (secondary N) is 1.